The van der Waals surface area contributed by atoms with E-state index in [-0.39, 0.29) is 5.69 Å². The van der Waals surface area contributed by atoms with Crippen LogP contribution in [-0.4, -0.2) is 48.2 Å². The molecule has 2 heterocycles. The van der Waals surface area contributed by atoms with Crippen LogP contribution in [-0.2, 0) is 4.74 Å². The highest BCUT2D eigenvalue weighted by atomic mass is 16.5. The summed E-state index contributed by atoms with van der Waals surface area (Å²) < 4.78 is 5.79. The van der Waals surface area contributed by atoms with Crippen LogP contribution in [0.3, 0.4) is 0 Å². The normalized spacial score (nSPS) is 16.0. The van der Waals surface area contributed by atoms with Crippen molar-refractivity contribution >= 4 is 11.7 Å². The molecule has 1 saturated heterocycles. The van der Waals surface area contributed by atoms with Crippen LogP contribution < -0.4 is 16.4 Å². The molecule has 1 fully saturated rings. The summed E-state index contributed by atoms with van der Waals surface area (Å²) in [5.74, 6) is -0.145. The molecule has 0 atom stereocenters. The Bertz CT molecular complexity index is 435. The van der Waals surface area contributed by atoms with Crippen molar-refractivity contribution in [1.82, 2.24) is 15.3 Å². The molecule has 7 heteroatoms. The van der Waals surface area contributed by atoms with Crippen LogP contribution in [0.4, 0.5) is 5.82 Å². The summed E-state index contributed by atoms with van der Waals surface area (Å²) in [5, 5.41) is 6.37. The van der Waals surface area contributed by atoms with Gasteiger partial charge in [0.25, 0.3) is 5.91 Å². The van der Waals surface area contributed by atoms with Gasteiger partial charge in [0.1, 0.15) is 0 Å². The summed E-state index contributed by atoms with van der Waals surface area (Å²) in [7, 11) is 0. The number of piperidine rings is 1. The lowest BCUT2D eigenvalue weighted by atomic mass is 10.1. The lowest BCUT2D eigenvalue weighted by Crippen LogP contribution is -2.32. The summed E-state index contributed by atoms with van der Waals surface area (Å²) >= 11 is 0. The fraction of sp³-hybridized carbons (Fsp3) is 0.615. The van der Waals surface area contributed by atoms with Gasteiger partial charge in [-0.3, -0.25) is 4.79 Å². The van der Waals surface area contributed by atoms with E-state index in [0.717, 1.165) is 32.4 Å². The largest absolute Gasteiger partial charge is 0.378 e. The average molecular weight is 279 g/mol. The first-order chi connectivity index (χ1) is 9.77. The predicted molar refractivity (Wildman–Crippen MR) is 75.5 cm³/mol. The summed E-state index contributed by atoms with van der Waals surface area (Å²) in [5.41, 5.74) is 5.40. The maximum Gasteiger partial charge on any atom is 0.271 e. The molecule has 4 N–H and O–H groups in total. The van der Waals surface area contributed by atoms with Crippen LogP contribution in [0.25, 0.3) is 0 Å². The van der Waals surface area contributed by atoms with Crippen molar-refractivity contribution in [2.24, 2.45) is 5.73 Å². The molecule has 0 bridgehead atoms. The second kappa shape index (κ2) is 7.76. The molecule has 0 aromatic carbocycles. The van der Waals surface area contributed by atoms with Gasteiger partial charge >= 0.3 is 0 Å². The van der Waals surface area contributed by atoms with Crippen molar-refractivity contribution in [3.05, 3.63) is 18.1 Å². The highest BCUT2D eigenvalue weighted by molar-refractivity contribution is 5.95. The first kappa shape index (κ1) is 14.7. The zero-order chi connectivity index (χ0) is 14.2. The van der Waals surface area contributed by atoms with Gasteiger partial charge < -0.3 is 21.1 Å². The Morgan fingerprint density at radius 3 is 2.90 bits per heavy atom. The van der Waals surface area contributed by atoms with Crippen molar-refractivity contribution in [2.75, 3.05) is 31.6 Å². The fourth-order valence-electron chi connectivity index (χ4n) is 2.14. The maximum atomic E-state index is 11.2. The van der Waals surface area contributed by atoms with Crippen LogP contribution in [0, 0.1) is 0 Å². The number of aromatic nitrogens is 2. The molecule has 2 rings (SSSR count). The smallest absolute Gasteiger partial charge is 0.271 e. The van der Waals surface area contributed by atoms with E-state index in [1.807, 2.05) is 0 Å². The van der Waals surface area contributed by atoms with E-state index in [2.05, 4.69) is 20.6 Å². The second-order valence-electron chi connectivity index (χ2n) is 4.72. The SMILES string of the molecule is NC(=O)c1nccnc1NCCCOC1CCNCC1. The van der Waals surface area contributed by atoms with E-state index in [4.69, 9.17) is 10.5 Å². The Morgan fingerprint density at radius 2 is 2.15 bits per heavy atom. The van der Waals surface area contributed by atoms with Crippen molar-refractivity contribution in [1.29, 1.82) is 0 Å². The summed E-state index contributed by atoms with van der Waals surface area (Å²) in [6.07, 6.45) is 6.34. The number of primary amides is 1. The minimum atomic E-state index is -0.577. The number of hydrogen-bond acceptors (Lipinski definition) is 6. The Balaban J connectivity index is 1.67. The maximum absolute atomic E-state index is 11.2. The van der Waals surface area contributed by atoms with Gasteiger partial charge in [-0.05, 0) is 32.4 Å². The number of nitrogens with one attached hydrogen (secondary N) is 2. The Hall–Kier alpha value is -1.73. The minimum absolute atomic E-state index is 0.173. The quantitative estimate of drug-likeness (QED) is 0.614. The number of nitrogens with zero attached hydrogens (tertiary/aromatic N) is 2. The number of carbonyl (C=O) groups excluding carboxylic acids is 1. The molecule has 1 aromatic rings. The zero-order valence-electron chi connectivity index (χ0n) is 11.5. The third-order valence-electron chi connectivity index (χ3n) is 3.18. The highest BCUT2D eigenvalue weighted by Gasteiger charge is 2.13. The minimum Gasteiger partial charge on any atom is -0.378 e. The molecule has 0 spiro atoms. The number of nitrogens with two attached hydrogens (primary N) is 1. The summed E-state index contributed by atoms with van der Waals surface area (Å²) in [6.45, 7) is 3.43. The number of anilines is 1. The van der Waals surface area contributed by atoms with Gasteiger partial charge in [0.05, 0.1) is 6.10 Å². The molecule has 1 aromatic heterocycles. The lowest BCUT2D eigenvalue weighted by Gasteiger charge is -2.22. The Kier molecular flexibility index (Phi) is 5.69. The van der Waals surface area contributed by atoms with Gasteiger partial charge in [-0.25, -0.2) is 9.97 Å². The van der Waals surface area contributed by atoms with Crippen molar-refractivity contribution < 1.29 is 9.53 Å². The molecule has 0 unspecified atom stereocenters. The first-order valence-corrected chi connectivity index (χ1v) is 6.94. The number of rotatable bonds is 7. The molecule has 1 amide bonds. The van der Waals surface area contributed by atoms with Gasteiger partial charge in [-0.1, -0.05) is 0 Å². The highest BCUT2D eigenvalue weighted by Crippen LogP contribution is 2.09. The third-order valence-corrected chi connectivity index (χ3v) is 3.18. The molecule has 0 aliphatic carbocycles. The molecule has 0 radical (unpaired) electrons. The number of amides is 1. The van der Waals surface area contributed by atoms with Crippen LogP contribution in [0.1, 0.15) is 29.8 Å². The van der Waals surface area contributed by atoms with Crippen molar-refractivity contribution in [3.63, 3.8) is 0 Å². The molecule has 1 aliphatic heterocycles. The van der Waals surface area contributed by atoms with E-state index < -0.39 is 5.91 Å². The second-order valence-corrected chi connectivity index (χ2v) is 4.72. The fourth-order valence-corrected chi connectivity index (χ4v) is 2.14. The molecule has 0 saturated carbocycles. The Morgan fingerprint density at radius 1 is 1.40 bits per heavy atom. The van der Waals surface area contributed by atoms with Crippen LogP contribution >= 0.6 is 0 Å². The summed E-state index contributed by atoms with van der Waals surface area (Å²) in [6, 6.07) is 0. The van der Waals surface area contributed by atoms with E-state index in [1.165, 1.54) is 12.4 Å². The molecule has 20 heavy (non-hydrogen) atoms. The number of ether oxygens (including phenoxy) is 1. The molecular formula is C13H21N5O2. The monoisotopic (exact) mass is 279 g/mol. The number of carbonyl (C=O) groups is 1. The summed E-state index contributed by atoms with van der Waals surface area (Å²) in [4.78, 5) is 19.1. The third kappa shape index (κ3) is 4.43. The topological polar surface area (TPSA) is 102 Å². The molecular weight excluding hydrogens is 258 g/mol. The van der Waals surface area contributed by atoms with Gasteiger partial charge in [0.15, 0.2) is 11.5 Å². The lowest BCUT2D eigenvalue weighted by molar-refractivity contribution is 0.0329. The Labute approximate surface area is 118 Å². The molecule has 7 nitrogen and oxygen atoms in total. The predicted octanol–water partition coefficient (Wildman–Crippen LogP) is 0.146. The zero-order valence-corrected chi connectivity index (χ0v) is 11.5. The van der Waals surface area contributed by atoms with Gasteiger partial charge in [-0.15, -0.1) is 0 Å². The van der Waals surface area contributed by atoms with Crippen molar-refractivity contribution in [3.8, 4) is 0 Å². The standard InChI is InChI=1S/C13H21N5O2/c14-12(19)11-13(18-8-7-16-11)17-4-1-9-20-10-2-5-15-6-3-10/h7-8,10,15H,1-6,9H2,(H2,14,19)(H,17,18). The van der Waals surface area contributed by atoms with Gasteiger partial charge in [0.2, 0.25) is 0 Å². The van der Waals surface area contributed by atoms with Crippen LogP contribution in [0.5, 0.6) is 0 Å². The van der Waals surface area contributed by atoms with Crippen molar-refractivity contribution in [2.45, 2.75) is 25.4 Å². The molecule has 1 aliphatic rings. The van der Waals surface area contributed by atoms with E-state index in [0.29, 0.717) is 25.1 Å². The van der Waals surface area contributed by atoms with Crippen LogP contribution in [0.2, 0.25) is 0 Å². The first-order valence-electron chi connectivity index (χ1n) is 6.94. The van der Waals surface area contributed by atoms with E-state index in [1.54, 1.807) is 0 Å². The van der Waals surface area contributed by atoms with Crippen LogP contribution in [0.15, 0.2) is 12.4 Å². The van der Waals surface area contributed by atoms with Gasteiger partial charge in [0, 0.05) is 25.5 Å². The number of hydrogen-bond donors (Lipinski definition) is 3. The molecule has 110 valence electrons. The van der Waals surface area contributed by atoms with E-state index >= 15 is 0 Å². The van der Waals surface area contributed by atoms with Gasteiger partial charge in [-0.2, -0.15) is 0 Å². The average Bonchev–Trinajstić information content (AvgIpc) is 2.48. The van der Waals surface area contributed by atoms with E-state index in [9.17, 15) is 4.79 Å².